The highest BCUT2D eigenvalue weighted by atomic mass is 19.1. The van der Waals surface area contributed by atoms with E-state index < -0.39 is 0 Å². The molecule has 0 radical (unpaired) electrons. The van der Waals surface area contributed by atoms with E-state index in [1.807, 2.05) is 25.5 Å². The Morgan fingerprint density at radius 1 is 1.19 bits per heavy atom. The first-order valence-electron chi connectivity index (χ1n) is 10.6. The Morgan fingerprint density at radius 2 is 1.97 bits per heavy atom. The summed E-state index contributed by atoms with van der Waals surface area (Å²) in [7, 11) is 1.87. The molecule has 1 aliphatic heterocycles. The number of carbonyl (C=O) groups is 2. The first-order chi connectivity index (χ1) is 15.0. The lowest BCUT2D eigenvalue weighted by molar-refractivity contribution is 0.0980. The van der Waals surface area contributed by atoms with Gasteiger partial charge < -0.3 is 4.74 Å². The van der Waals surface area contributed by atoms with Crippen LogP contribution in [0.25, 0.3) is 0 Å². The minimum atomic E-state index is -0.303. The van der Waals surface area contributed by atoms with Gasteiger partial charge in [0.05, 0.1) is 18.4 Å². The molecule has 0 saturated heterocycles. The fraction of sp³-hybridized carbons (Fsp3) is 0.320. The van der Waals surface area contributed by atoms with Gasteiger partial charge in [-0.3, -0.25) is 14.3 Å². The Kier molecular flexibility index (Phi) is 5.98. The molecule has 0 spiro atoms. The van der Waals surface area contributed by atoms with Crippen LogP contribution in [0.3, 0.4) is 0 Å². The third-order valence-electron chi connectivity index (χ3n) is 5.73. The van der Waals surface area contributed by atoms with Crippen LogP contribution in [0.4, 0.5) is 4.39 Å². The zero-order valence-corrected chi connectivity index (χ0v) is 17.7. The van der Waals surface area contributed by atoms with E-state index in [9.17, 15) is 14.0 Å². The zero-order chi connectivity index (χ0) is 22.0. The van der Waals surface area contributed by atoms with Gasteiger partial charge in [0.1, 0.15) is 11.6 Å². The van der Waals surface area contributed by atoms with Gasteiger partial charge in [-0.15, -0.1) is 0 Å². The predicted octanol–water partition coefficient (Wildman–Crippen LogP) is 4.88. The van der Waals surface area contributed by atoms with E-state index in [-0.39, 0.29) is 23.3 Å². The SMILES string of the molecule is CCC(=O)c1cc(C(=O)CCCc2cnn(C)c2)cc2c1OC[C@@H]2c1ccc(F)cc1. The Labute approximate surface area is 180 Å². The molecule has 0 unspecified atom stereocenters. The molecule has 6 heteroatoms. The molecule has 1 atom stereocenters. The van der Waals surface area contributed by atoms with Gasteiger partial charge in [0.15, 0.2) is 11.6 Å². The Morgan fingerprint density at radius 3 is 2.65 bits per heavy atom. The molecule has 160 valence electrons. The number of nitrogens with zero attached hydrogens (tertiary/aromatic N) is 2. The molecule has 0 aliphatic carbocycles. The summed E-state index contributed by atoms with van der Waals surface area (Å²) < 4.78 is 21.0. The van der Waals surface area contributed by atoms with Crippen molar-refractivity contribution in [3.8, 4) is 5.75 Å². The van der Waals surface area contributed by atoms with E-state index in [2.05, 4.69) is 5.10 Å². The van der Waals surface area contributed by atoms with Crippen LogP contribution in [0.1, 0.15) is 69.5 Å². The maximum absolute atomic E-state index is 13.4. The van der Waals surface area contributed by atoms with Gasteiger partial charge in [-0.1, -0.05) is 19.1 Å². The highest BCUT2D eigenvalue weighted by molar-refractivity contribution is 6.04. The molecule has 0 bridgehead atoms. The number of halogens is 1. The molecule has 0 saturated carbocycles. The summed E-state index contributed by atoms with van der Waals surface area (Å²) in [6, 6.07) is 9.79. The van der Waals surface area contributed by atoms with Crippen LogP contribution in [0, 0.1) is 5.82 Å². The van der Waals surface area contributed by atoms with Gasteiger partial charge in [0.25, 0.3) is 0 Å². The highest BCUT2D eigenvalue weighted by Crippen LogP contribution is 2.42. The lowest BCUT2D eigenvalue weighted by Crippen LogP contribution is -2.07. The average Bonchev–Trinajstić information content (AvgIpc) is 3.39. The number of ether oxygens (including phenoxy) is 1. The fourth-order valence-electron chi connectivity index (χ4n) is 4.06. The number of rotatable bonds is 8. The molecule has 4 rings (SSSR count). The number of hydrogen-bond acceptors (Lipinski definition) is 4. The number of aryl methyl sites for hydroxylation is 2. The number of Topliss-reactive ketones (excluding diaryl/α,β-unsaturated/α-hetero) is 2. The standard InChI is InChI=1S/C25H25FN2O3/c1-3-23(29)21-12-18(24(30)6-4-5-16-13-27-28(2)14-16)11-20-22(15-31-25(20)21)17-7-9-19(26)10-8-17/h7-14,22H,3-6,15H2,1-2H3/t22-/m1/s1. The topological polar surface area (TPSA) is 61.2 Å². The van der Waals surface area contributed by atoms with Crippen molar-refractivity contribution in [2.45, 2.75) is 38.5 Å². The van der Waals surface area contributed by atoms with Crippen LogP contribution in [-0.4, -0.2) is 28.0 Å². The molecular formula is C25H25FN2O3. The van der Waals surface area contributed by atoms with Gasteiger partial charge in [0.2, 0.25) is 0 Å². The van der Waals surface area contributed by atoms with Crippen molar-refractivity contribution >= 4 is 11.6 Å². The van der Waals surface area contributed by atoms with E-state index in [1.165, 1.54) is 12.1 Å². The summed E-state index contributed by atoms with van der Waals surface area (Å²) in [5, 5.41) is 4.15. The lowest BCUT2D eigenvalue weighted by atomic mass is 9.88. The molecule has 2 aromatic carbocycles. The molecule has 1 aromatic heterocycles. The smallest absolute Gasteiger partial charge is 0.166 e. The zero-order valence-electron chi connectivity index (χ0n) is 17.7. The molecule has 0 fully saturated rings. The molecule has 3 aromatic rings. The minimum Gasteiger partial charge on any atom is -0.492 e. The van der Waals surface area contributed by atoms with E-state index in [1.54, 1.807) is 29.8 Å². The van der Waals surface area contributed by atoms with Crippen LogP contribution in [0.15, 0.2) is 48.8 Å². The Balaban J connectivity index is 1.60. The van der Waals surface area contributed by atoms with Crippen molar-refractivity contribution in [2.24, 2.45) is 7.05 Å². The predicted molar refractivity (Wildman–Crippen MR) is 115 cm³/mol. The van der Waals surface area contributed by atoms with Crippen molar-refractivity contribution in [1.82, 2.24) is 9.78 Å². The van der Waals surface area contributed by atoms with Crippen molar-refractivity contribution in [1.29, 1.82) is 0 Å². The second-order valence-corrected chi connectivity index (χ2v) is 7.93. The molecule has 1 aliphatic rings. The largest absolute Gasteiger partial charge is 0.492 e. The summed E-state index contributed by atoms with van der Waals surface area (Å²) in [4.78, 5) is 25.6. The molecular weight excluding hydrogens is 395 g/mol. The summed E-state index contributed by atoms with van der Waals surface area (Å²) in [6.45, 7) is 2.16. The maximum Gasteiger partial charge on any atom is 0.166 e. The Bertz CT molecular complexity index is 1120. The highest BCUT2D eigenvalue weighted by Gasteiger charge is 2.31. The van der Waals surface area contributed by atoms with Crippen molar-refractivity contribution in [3.05, 3.63) is 82.4 Å². The van der Waals surface area contributed by atoms with Gasteiger partial charge in [-0.2, -0.15) is 5.10 Å². The summed E-state index contributed by atoms with van der Waals surface area (Å²) >= 11 is 0. The summed E-state index contributed by atoms with van der Waals surface area (Å²) in [5.74, 6) is 0.0557. The van der Waals surface area contributed by atoms with E-state index in [4.69, 9.17) is 4.74 Å². The van der Waals surface area contributed by atoms with Crippen LogP contribution in [0.2, 0.25) is 0 Å². The number of hydrogen-bond donors (Lipinski definition) is 0. The number of benzene rings is 2. The normalized spacial score (nSPS) is 14.9. The fourth-order valence-corrected chi connectivity index (χ4v) is 4.06. The Hall–Kier alpha value is -3.28. The maximum atomic E-state index is 13.4. The van der Waals surface area contributed by atoms with E-state index in [0.717, 1.165) is 23.1 Å². The van der Waals surface area contributed by atoms with Crippen LogP contribution < -0.4 is 4.74 Å². The first-order valence-corrected chi connectivity index (χ1v) is 10.6. The van der Waals surface area contributed by atoms with Crippen molar-refractivity contribution in [3.63, 3.8) is 0 Å². The summed E-state index contributed by atoms with van der Waals surface area (Å²) in [5.41, 5.74) is 3.80. The third-order valence-corrected chi connectivity index (χ3v) is 5.73. The number of fused-ring (bicyclic) bond motifs is 1. The third kappa shape index (κ3) is 4.43. The quantitative estimate of drug-likeness (QED) is 0.487. The second kappa shape index (κ2) is 8.84. The number of aromatic nitrogens is 2. The van der Waals surface area contributed by atoms with Gasteiger partial charge in [-0.25, -0.2) is 4.39 Å². The van der Waals surface area contributed by atoms with Gasteiger partial charge in [-0.05, 0) is 48.2 Å². The molecule has 0 amide bonds. The summed E-state index contributed by atoms with van der Waals surface area (Å²) in [6.07, 6.45) is 5.94. The first kappa shape index (κ1) is 21.0. The molecule has 2 heterocycles. The van der Waals surface area contributed by atoms with Crippen molar-refractivity contribution < 1.29 is 18.7 Å². The average molecular weight is 420 g/mol. The molecule has 5 nitrogen and oxygen atoms in total. The van der Waals surface area contributed by atoms with Crippen LogP contribution in [0.5, 0.6) is 5.75 Å². The van der Waals surface area contributed by atoms with Gasteiger partial charge >= 0.3 is 0 Å². The van der Waals surface area contributed by atoms with Gasteiger partial charge in [0, 0.05) is 43.1 Å². The van der Waals surface area contributed by atoms with E-state index >= 15 is 0 Å². The van der Waals surface area contributed by atoms with E-state index in [0.29, 0.717) is 42.7 Å². The van der Waals surface area contributed by atoms with Crippen LogP contribution >= 0.6 is 0 Å². The monoisotopic (exact) mass is 420 g/mol. The minimum absolute atomic E-state index is 0.00148. The number of carbonyl (C=O) groups excluding carboxylic acids is 2. The molecule has 0 N–H and O–H groups in total. The number of ketones is 2. The second-order valence-electron chi connectivity index (χ2n) is 7.93. The van der Waals surface area contributed by atoms with Crippen LogP contribution in [-0.2, 0) is 13.5 Å². The lowest BCUT2D eigenvalue weighted by Gasteiger charge is -2.12. The van der Waals surface area contributed by atoms with Crippen molar-refractivity contribution in [2.75, 3.05) is 6.61 Å². The molecule has 31 heavy (non-hydrogen) atoms.